The summed E-state index contributed by atoms with van der Waals surface area (Å²) in [6, 6.07) is 21.0. The van der Waals surface area contributed by atoms with Gasteiger partial charge in [-0.25, -0.2) is 0 Å². The number of methoxy groups -OCH3 is 2. The Balaban J connectivity index is 2.38. The summed E-state index contributed by atoms with van der Waals surface area (Å²) in [5.74, 6) is 1.55. The molecule has 2 nitrogen and oxygen atoms in total. The highest BCUT2D eigenvalue weighted by molar-refractivity contribution is 6.27. The molecule has 0 bridgehead atoms. The van der Waals surface area contributed by atoms with E-state index in [9.17, 15) is 0 Å². The van der Waals surface area contributed by atoms with Crippen LogP contribution in [-0.4, -0.2) is 14.2 Å². The zero-order chi connectivity index (χ0) is 15.1. The molecular weight excluding hydrogens is 272 g/mol. The molecule has 108 valence electrons. The maximum atomic E-state index is 5.68. The highest BCUT2D eigenvalue weighted by Gasteiger charge is 2.15. The largest absolute Gasteiger partial charge is 0.493 e. The lowest BCUT2D eigenvalue weighted by Crippen LogP contribution is -1.93. The minimum Gasteiger partial charge on any atom is -0.493 e. The molecule has 0 N–H and O–H groups in total. The van der Waals surface area contributed by atoms with Gasteiger partial charge in [0.25, 0.3) is 0 Å². The molecule has 0 saturated carbocycles. The lowest BCUT2D eigenvalue weighted by molar-refractivity contribution is 0.359. The average molecular weight is 288 g/mol. The fourth-order valence-corrected chi connectivity index (χ4v) is 3.31. The Labute approximate surface area is 128 Å². The molecule has 0 aliphatic rings. The Morgan fingerprint density at radius 1 is 0.545 bits per heavy atom. The van der Waals surface area contributed by atoms with E-state index in [2.05, 4.69) is 54.6 Å². The molecule has 0 aromatic heterocycles. The van der Waals surface area contributed by atoms with E-state index in [1.165, 1.54) is 26.9 Å². The van der Waals surface area contributed by atoms with Gasteiger partial charge in [-0.2, -0.15) is 0 Å². The maximum absolute atomic E-state index is 5.68. The molecule has 4 aromatic carbocycles. The van der Waals surface area contributed by atoms with Gasteiger partial charge >= 0.3 is 0 Å². The molecule has 0 fully saturated rings. The number of hydrogen-bond donors (Lipinski definition) is 0. The summed E-state index contributed by atoms with van der Waals surface area (Å²) in [6.45, 7) is 0. The quantitative estimate of drug-likeness (QED) is 0.474. The molecule has 0 radical (unpaired) electrons. The fourth-order valence-electron chi connectivity index (χ4n) is 3.31. The van der Waals surface area contributed by atoms with Crippen molar-refractivity contribution >= 4 is 32.3 Å². The first-order chi connectivity index (χ1) is 10.8. The Bertz CT molecular complexity index is 967. The van der Waals surface area contributed by atoms with Gasteiger partial charge in [0.2, 0.25) is 0 Å². The van der Waals surface area contributed by atoms with Crippen molar-refractivity contribution in [3.63, 3.8) is 0 Å². The second-order valence-electron chi connectivity index (χ2n) is 5.31. The van der Waals surface area contributed by atoms with Crippen molar-refractivity contribution in [2.24, 2.45) is 0 Å². The summed E-state index contributed by atoms with van der Waals surface area (Å²) >= 11 is 0. The fraction of sp³-hybridized carbons (Fsp3) is 0.100. The predicted molar refractivity (Wildman–Crippen MR) is 92.1 cm³/mol. The molecule has 2 heteroatoms. The Morgan fingerprint density at radius 2 is 1.05 bits per heavy atom. The first-order valence-corrected chi connectivity index (χ1v) is 7.29. The third kappa shape index (κ3) is 1.67. The topological polar surface area (TPSA) is 18.5 Å². The molecule has 0 atom stereocenters. The van der Waals surface area contributed by atoms with Gasteiger partial charge in [-0.3, -0.25) is 0 Å². The molecular formula is C20H16O2. The van der Waals surface area contributed by atoms with Crippen molar-refractivity contribution < 1.29 is 9.47 Å². The molecule has 22 heavy (non-hydrogen) atoms. The minimum absolute atomic E-state index is 0.760. The van der Waals surface area contributed by atoms with Gasteiger partial charge in [0.1, 0.15) is 0 Å². The number of benzene rings is 4. The molecule has 0 heterocycles. The van der Waals surface area contributed by atoms with Gasteiger partial charge in [0.15, 0.2) is 11.5 Å². The summed E-state index contributed by atoms with van der Waals surface area (Å²) in [5.41, 5.74) is 0. The van der Waals surface area contributed by atoms with E-state index in [4.69, 9.17) is 9.47 Å². The number of hydrogen-bond acceptors (Lipinski definition) is 2. The van der Waals surface area contributed by atoms with Gasteiger partial charge in [0, 0.05) is 5.39 Å². The molecule has 0 saturated heterocycles. The van der Waals surface area contributed by atoms with Crippen molar-refractivity contribution in [2.45, 2.75) is 0 Å². The lowest BCUT2D eigenvalue weighted by Gasteiger charge is -2.15. The zero-order valence-corrected chi connectivity index (χ0v) is 12.6. The van der Waals surface area contributed by atoms with E-state index >= 15 is 0 Å². The SMILES string of the molecule is COc1ccc2c3ccccc3c3ccccc3c2c1OC. The van der Waals surface area contributed by atoms with Crippen molar-refractivity contribution in [3.8, 4) is 11.5 Å². The zero-order valence-electron chi connectivity index (χ0n) is 12.6. The molecule has 0 spiro atoms. The summed E-state index contributed by atoms with van der Waals surface area (Å²) in [5, 5.41) is 7.21. The molecule has 0 amide bonds. The average Bonchev–Trinajstić information content (AvgIpc) is 2.60. The smallest absolute Gasteiger partial charge is 0.169 e. The van der Waals surface area contributed by atoms with E-state index in [0.29, 0.717) is 0 Å². The van der Waals surface area contributed by atoms with Crippen LogP contribution in [0.15, 0.2) is 60.7 Å². The molecule has 4 aromatic rings. The number of ether oxygens (including phenoxy) is 2. The Morgan fingerprint density at radius 3 is 1.59 bits per heavy atom. The van der Waals surface area contributed by atoms with Crippen LogP contribution in [0.1, 0.15) is 0 Å². The van der Waals surface area contributed by atoms with Gasteiger partial charge in [-0.05, 0) is 39.1 Å². The van der Waals surface area contributed by atoms with Crippen molar-refractivity contribution in [1.82, 2.24) is 0 Å². The van der Waals surface area contributed by atoms with E-state index in [1.807, 2.05) is 6.07 Å². The third-order valence-corrected chi connectivity index (χ3v) is 4.25. The number of fused-ring (bicyclic) bond motifs is 6. The van der Waals surface area contributed by atoms with Crippen molar-refractivity contribution in [1.29, 1.82) is 0 Å². The summed E-state index contributed by atoms with van der Waals surface area (Å²) in [7, 11) is 3.37. The molecule has 0 aliphatic heterocycles. The van der Waals surface area contributed by atoms with Gasteiger partial charge < -0.3 is 9.47 Å². The summed E-state index contributed by atoms with van der Waals surface area (Å²) in [4.78, 5) is 0. The van der Waals surface area contributed by atoms with Gasteiger partial charge in [0.05, 0.1) is 14.2 Å². The first-order valence-electron chi connectivity index (χ1n) is 7.29. The van der Waals surface area contributed by atoms with Crippen LogP contribution in [0.5, 0.6) is 11.5 Å². The summed E-state index contributed by atoms with van der Waals surface area (Å²) in [6.07, 6.45) is 0. The second-order valence-corrected chi connectivity index (χ2v) is 5.31. The summed E-state index contributed by atoms with van der Waals surface area (Å²) < 4.78 is 11.2. The van der Waals surface area contributed by atoms with Crippen LogP contribution in [0.2, 0.25) is 0 Å². The number of rotatable bonds is 2. The van der Waals surface area contributed by atoms with Crippen molar-refractivity contribution in [3.05, 3.63) is 60.7 Å². The Hall–Kier alpha value is -2.74. The van der Waals surface area contributed by atoms with Crippen LogP contribution in [0.3, 0.4) is 0 Å². The standard InChI is InChI=1S/C20H16O2/c1-21-18-12-11-17-15-9-4-3-7-13(15)14-8-5-6-10-16(14)19(17)20(18)22-2/h3-12H,1-2H3. The monoisotopic (exact) mass is 288 g/mol. The van der Waals surface area contributed by atoms with E-state index in [-0.39, 0.29) is 0 Å². The van der Waals surface area contributed by atoms with Crippen LogP contribution >= 0.6 is 0 Å². The van der Waals surface area contributed by atoms with Crippen LogP contribution in [0, 0.1) is 0 Å². The second kappa shape index (κ2) is 4.92. The van der Waals surface area contributed by atoms with Crippen LogP contribution < -0.4 is 9.47 Å². The van der Waals surface area contributed by atoms with Gasteiger partial charge in [-0.15, -0.1) is 0 Å². The maximum Gasteiger partial charge on any atom is 0.169 e. The molecule has 0 aliphatic carbocycles. The highest BCUT2D eigenvalue weighted by atomic mass is 16.5. The first kappa shape index (κ1) is 13.0. The van der Waals surface area contributed by atoms with Gasteiger partial charge in [-0.1, -0.05) is 48.5 Å². The lowest BCUT2D eigenvalue weighted by atomic mass is 9.93. The van der Waals surface area contributed by atoms with E-state index in [1.54, 1.807) is 14.2 Å². The van der Waals surface area contributed by atoms with Crippen molar-refractivity contribution in [2.75, 3.05) is 14.2 Å². The van der Waals surface area contributed by atoms with Crippen LogP contribution in [0.4, 0.5) is 0 Å². The Kier molecular flexibility index (Phi) is 2.90. The van der Waals surface area contributed by atoms with E-state index in [0.717, 1.165) is 16.9 Å². The predicted octanol–water partition coefficient (Wildman–Crippen LogP) is 5.16. The van der Waals surface area contributed by atoms with E-state index < -0.39 is 0 Å². The molecule has 0 unspecified atom stereocenters. The van der Waals surface area contributed by atoms with Crippen LogP contribution in [0.25, 0.3) is 32.3 Å². The third-order valence-electron chi connectivity index (χ3n) is 4.25. The normalized spacial score (nSPS) is 11.2. The highest BCUT2D eigenvalue weighted by Crippen LogP contribution is 2.43. The van der Waals surface area contributed by atoms with Crippen LogP contribution in [-0.2, 0) is 0 Å². The minimum atomic E-state index is 0.760. The molecule has 4 rings (SSSR count).